The van der Waals surface area contributed by atoms with Crippen molar-refractivity contribution in [3.8, 4) is 0 Å². The van der Waals surface area contributed by atoms with Gasteiger partial charge in [-0.1, -0.05) is 5.16 Å². The van der Waals surface area contributed by atoms with Crippen LogP contribution in [0.4, 0.5) is 0 Å². The number of rotatable bonds is 2. The molecule has 1 rings (SSSR count). The second-order valence-corrected chi connectivity index (χ2v) is 2.93. The second-order valence-electron chi connectivity index (χ2n) is 2.02. The molecule has 1 aliphatic rings. The monoisotopic (exact) mass is 221 g/mol. The van der Waals surface area contributed by atoms with E-state index >= 15 is 0 Å². The highest BCUT2D eigenvalue weighted by Crippen LogP contribution is 2.15. The summed E-state index contributed by atoms with van der Waals surface area (Å²) in [7, 11) is 0. The first kappa shape index (κ1) is 8.52. The van der Waals surface area contributed by atoms with Crippen LogP contribution < -0.4 is 0 Å². The minimum atomic E-state index is -0.552. The molecule has 0 aromatic rings. The zero-order valence-corrected chi connectivity index (χ0v) is 7.63. The van der Waals surface area contributed by atoms with Gasteiger partial charge in [0.2, 0.25) is 6.10 Å². The lowest BCUT2D eigenvalue weighted by Crippen LogP contribution is -2.22. The molecule has 4 nitrogen and oxygen atoms in total. The van der Waals surface area contributed by atoms with Crippen molar-refractivity contribution >= 4 is 26.5 Å². The molecular formula is C6H8BrNO3. The minimum absolute atomic E-state index is 0.356. The summed E-state index contributed by atoms with van der Waals surface area (Å²) in [6, 6.07) is 0. The van der Waals surface area contributed by atoms with E-state index in [2.05, 4.69) is 21.1 Å². The number of hydrogen-bond acceptors (Lipinski definition) is 4. The van der Waals surface area contributed by atoms with Gasteiger partial charge < -0.3 is 9.57 Å². The highest BCUT2D eigenvalue weighted by Gasteiger charge is 2.27. The molecule has 1 aliphatic heterocycles. The van der Waals surface area contributed by atoms with Crippen LogP contribution in [0.15, 0.2) is 5.16 Å². The fraction of sp³-hybridized carbons (Fsp3) is 0.667. The Morgan fingerprint density at radius 3 is 3.18 bits per heavy atom. The van der Waals surface area contributed by atoms with Crippen LogP contribution in [0.25, 0.3) is 0 Å². The van der Waals surface area contributed by atoms with Crippen LogP contribution >= 0.6 is 15.9 Å². The molecule has 0 aromatic carbocycles. The summed E-state index contributed by atoms with van der Waals surface area (Å²) in [6.07, 6.45) is -0.0805. The van der Waals surface area contributed by atoms with E-state index in [1.54, 1.807) is 6.92 Å². The zero-order chi connectivity index (χ0) is 8.27. The SMILES string of the molecule is CCOC(=O)[C@H]1CC(Br)=NO1. The number of ether oxygens (including phenoxy) is 1. The molecule has 0 saturated heterocycles. The standard InChI is InChI=1S/C6H8BrNO3/c1-2-10-6(9)4-3-5(7)8-11-4/h4H,2-3H2,1H3/t4-/m1/s1. The number of carbonyl (C=O) groups is 1. The Morgan fingerprint density at radius 2 is 2.73 bits per heavy atom. The Kier molecular flexibility index (Phi) is 2.87. The van der Waals surface area contributed by atoms with E-state index < -0.39 is 6.10 Å². The van der Waals surface area contributed by atoms with E-state index in [0.29, 0.717) is 17.6 Å². The summed E-state index contributed by atoms with van der Waals surface area (Å²) in [5.41, 5.74) is 0. The van der Waals surface area contributed by atoms with Crippen molar-refractivity contribution in [2.75, 3.05) is 6.61 Å². The van der Waals surface area contributed by atoms with E-state index in [1.807, 2.05) is 0 Å². The topological polar surface area (TPSA) is 47.9 Å². The number of hydrogen-bond donors (Lipinski definition) is 0. The Labute approximate surface area is 72.7 Å². The van der Waals surface area contributed by atoms with E-state index in [-0.39, 0.29) is 5.97 Å². The lowest BCUT2D eigenvalue weighted by Gasteiger charge is -2.05. The molecule has 11 heavy (non-hydrogen) atoms. The van der Waals surface area contributed by atoms with Crippen LogP contribution in [-0.2, 0) is 14.4 Å². The van der Waals surface area contributed by atoms with Crippen molar-refractivity contribution in [2.24, 2.45) is 5.16 Å². The molecule has 0 N–H and O–H groups in total. The third-order valence-electron chi connectivity index (χ3n) is 1.18. The van der Waals surface area contributed by atoms with Gasteiger partial charge in [-0.3, -0.25) is 0 Å². The smallest absolute Gasteiger partial charge is 0.350 e. The lowest BCUT2D eigenvalue weighted by atomic mass is 10.3. The zero-order valence-electron chi connectivity index (χ0n) is 6.04. The maximum atomic E-state index is 10.9. The largest absolute Gasteiger partial charge is 0.463 e. The summed E-state index contributed by atoms with van der Waals surface area (Å²) < 4.78 is 5.36. The predicted octanol–water partition coefficient (Wildman–Crippen LogP) is 1.05. The second kappa shape index (κ2) is 3.71. The molecule has 0 aromatic heterocycles. The average molecular weight is 222 g/mol. The Hall–Kier alpha value is -0.580. The first-order valence-corrected chi connectivity index (χ1v) is 4.08. The normalized spacial score (nSPS) is 22.4. The molecular weight excluding hydrogens is 214 g/mol. The quantitative estimate of drug-likeness (QED) is 0.656. The fourth-order valence-electron chi connectivity index (χ4n) is 0.710. The van der Waals surface area contributed by atoms with E-state index in [0.717, 1.165) is 0 Å². The van der Waals surface area contributed by atoms with Gasteiger partial charge >= 0.3 is 5.97 Å². The lowest BCUT2D eigenvalue weighted by molar-refractivity contribution is -0.154. The molecule has 0 unspecified atom stereocenters. The summed E-state index contributed by atoms with van der Waals surface area (Å²) in [5, 5.41) is 3.55. The van der Waals surface area contributed by atoms with Gasteiger partial charge in [-0.2, -0.15) is 0 Å². The maximum Gasteiger partial charge on any atom is 0.350 e. The molecule has 0 saturated carbocycles. The molecule has 0 spiro atoms. The van der Waals surface area contributed by atoms with Gasteiger partial charge in [0.05, 0.1) is 13.0 Å². The van der Waals surface area contributed by atoms with Crippen LogP contribution in [0.2, 0.25) is 0 Å². The van der Waals surface area contributed by atoms with Gasteiger partial charge in [0, 0.05) is 0 Å². The maximum absolute atomic E-state index is 10.9. The summed E-state index contributed by atoms with van der Waals surface area (Å²) in [4.78, 5) is 15.7. The average Bonchev–Trinajstić information content (AvgIpc) is 2.36. The van der Waals surface area contributed by atoms with Crippen LogP contribution in [-0.4, -0.2) is 23.3 Å². The molecule has 5 heteroatoms. The number of esters is 1. The Morgan fingerprint density at radius 1 is 2.00 bits per heavy atom. The van der Waals surface area contributed by atoms with Crippen LogP contribution in [0.3, 0.4) is 0 Å². The van der Waals surface area contributed by atoms with E-state index in [9.17, 15) is 4.79 Å². The van der Waals surface area contributed by atoms with Crippen molar-refractivity contribution in [1.82, 2.24) is 0 Å². The number of nitrogens with zero attached hydrogens (tertiary/aromatic N) is 1. The highest BCUT2D eigenvalue weighted by atomic mass is 79.9. The Bertz CT molecular complexity index is 192. The molecule has 62 valence electrons. The molecule has 0 aliphatic carbocycles. The van der Waals surface area contributed by atoms with Crippen molar-refractivity contribution in [2.45, 2.75) is 19.4 Å². The molecule has 1 heterocycles. The molecule has 1 atom stereocenters. The molecule has 0 radical (unpaired) electrons. The van der Waals surface area contributed by atoms with Crippen molar-refractivity contribution in [1.29, 1.82) is 0 Å². The molecule has 0 amide bonds. The predicted molar refractivity (Wildman–Crippen MR) is 42.5 cm³/mol. The van der Waals surface area contributed by atoms with Crippen LogP contribution in [0, 0.1) is 0 Å². The number of oxime groups is 1. The van der Waals surface area contributed by atoms with E-state index in [1.165, 1.54) is 0 Å². The van der Waals surface area contributed by atoms with Crippen molar-refractivity contribution in [3.05, 3.63) is 0 Å². The van der Waals surface area contributed by atoms with Gasteiger partial charge in [0.1, 0.15) is 4.62 Å². The van der Waals surface area contributed by atoms with Crippen LogP contribution in [0.1, 0.15) is 13.3 Å². The van der Waals surface area contributed by atoms with Gasteiger partial charge in [-0.15, -0.1) is 0 Å². The molecule has 0 fully saturated rings. The van der Waals surface area contributed by atoms with Gasteiger partial charge in [-0.25, -0.2) is 4.79 Å². The molecule has 0 bridgehead atoms. The summed E-state index contributed by atoms with van der Waals surface area (Å²) >= 11 is 3.12. The van der Waals surface area contributed by atoms with Crippen molar-refractivity contribution < 1.29 is 14.4 Å². The van der Waals surface area contributed by atoms with E-state index in [4.69, 9.17) is 9.57 Å². The number of halogens is 1. The van der Waals surface area contributed by atoms with Crippen molar-refractivity contribution in [3.63, 3.8) is 0 Å². The van der Waals surface area contributed by atoms with Gasteiger partial charge in [0.15, 0.2) is 0 Å². The van der Waals surface area contributed by atoms with Gasteiger partial charge in [0.25, 0.3) is 0 Å². The Balaban J connectivity index is 2.34. The first-order chi connectivity index (χ1) is 5.24. The minimum Gasteiger partial charge on any atom is -0.463 e. The van der Waals surface area contributed by atoms with Gasteiger partial charge in [-0.05, 0) is 22.9 Å². The summed E-state index contributed by atoms with van der Waals surface area (Å²) in [5.74, 6) is -0.356. The highest BCUT2D eigenvalue weighted by molar-refractivity contribution is 9.18. The number of carbonyl (C=O) groups excluding carboxylic acids is 1. The van der Waals surface area contributed by atoms with Crippen LogP contribution in [0.5, 0.6) is 0 Å². The third kappa shape index (κ3) is 2.18. The first-order valence-electron chi connectivity index (χ1n) is 3.29. The third-order valence-corrected chi connectivity index (χ3v) is 1.65. The summed E-state index contributed by atoms with van der Waals surface area (Å²) in [6.45, 7) is 2.12. The fourth-order valence-corrected chi connectivity index (χ4v) is 1.09.